The Morgan fingerprint density at radius 2 is 1.63 bits per heavy atom. The maximum Gasteiger partial charge on any atom is 0.500 e. The molecule has 0 heterocycles. The number of carbonyl (C=O) groups excluding carboxylic acids is 1. The lowest BCUT2D eigenvalue weighted by Crippen LogP contribution is -2.46. The van der Waals surface area contributed by atoms with Crippen molar-refractivity contribution in [2.45, 2.75) is 63.7 Å². The molecule has 1 aliphatic rings. The van der Waals surface area contributed by atoms with Crippen LogP contribution in [0.4, 0.5) is 0 Å². The molecule has 152 valence electrons. The Morgan fingerprint density at radius 1 is 1.00 bits per heavy atom. The van der Waals surface area contributed by atoms with Crippen molar-refractivity contribution in [3.05, 3.63) is 35.9 Å². The third kappa shape index (κ3) is 7.35. The van der Waals surface area contributed by atoms with Gasteiger partial charge in [0.25, 0.3) is 0 Å². The van der Waals surface area contributed by atoms with E-state index in [1.807, 2.05) is 38.6 Å². The predicted molar refractivity (Wildman–Crippen MR) is 114 cm³/mol. The molecule has 2 rings (SSSR count). The van der Waals surface area contributed by atoms with Gasteiger partial charge in [0.1, 0.15) is 5.78 Å². The standard InChI is InChI=1S/C21H34O4SSi/c1-4-23-27(24-5-2,25-6-3)14-10-13-26-21-16-19(15-20(22)17-21)18-11-8-7-9-12-18/h7-9,11-12,19,21H,4-6,10,13-17H2,1-3H3. The van der Waals surface area contributed by atoms with Crippen LogP contribution in [0.25, 0.3) is 0 Å². The Hall–Kier alpha value is -0.663. The molecule has 4 nitrogen and oxygen atoms in total. The van der Waals surface area contributed by atoms with Gasteiger partial charge in [-0.2, -0.15) is 11.8 Å². The van der Waals surface area contributed by atoms with Crippen molar-refractivity contribution in [3.8, 4) is 0 Å². The lowest BCUT2D eigenvalue weighted by molar-refractivity contribution is -0.120. The second-order valence-corrected chi connectivity index (χ2v) is 11.0. The molecule has 0 spiro atoms. The Balaban J connectivity index is 1.83. The molecule has 0 bridgehead atoms. The number of thioether (sulfide) groups is 1. The van der Waals surface area contributed by atoms with Crippen LogP contribution >= 0.6 is 11.8 Å². The van der Waals surface area contributed by atoms with Gasteiger partial charge in [0.05, 0.1) is 0 Å². The zero-order chi connectivity index (χ0) is 19.5. The number of ketones is 1. The fraction of sp³-hybridized carbons (Fsp3) is 0.667. The monoisotopic (exact) mass is 410 g/mol. The summed E-state index contributed by atoms with van der Waals surface area (Å²) in [5, 5.41) is 0.416. The maximum atomic E-state index is 12.2. The first-order chi connectivity index (χ1) is 13.1. The van der Waals surface area contributed by atoms with E-state index in [1.165, 1.54) is 5.56 Å². The fourth-order valence-corrected chi connectivity index (χ4v) is 7.93. The van der Waals surface area contributed by atoms with Crippen LogP contribution in [0.2, 0.25) is 6.04 Å². The van der Waals surface area contributed by atoms with Crippen LogP contribution < -0.4 is 0 Å². The topological polar surface area (TPSA) is 44.8 Å². The minimum atomic E-state index is -2.54. The minimum absolute atomic E-state index is 0.369. The summed E-state index contributed by atoms with van der Waals surface area (Å²) in [6.07, 6.45) is 3.48. The van der Waals surface area contributed by atoms with Gasteiger partial charge in [0.2, 0.25) is 0 Å². The van der Waals surface area contributed by atoms with Crippen molar-refractivity contribution in [3.63, 3.8) is 0 Å². The van der Waals surface area contributed by atoms with Crippen LogP contribution in [0.15, 0.2) is 30.3 Å². The molecular formula is C21H34O4SSi. The van der Waals surface area contributed by atoms with Gasteiger partial charge in [0.15, 0.2) is 0 Å². The molecule has 0 radical (unpaired) electrons. The summed E-state index contributed by atoms with van der Waals surface area (Å²) in [4.78, 5) is 12.2. The van der Waals surface area contributed by atoms with E-state index in [0.717, 1.165) is 24.6 Å². The van der Waals surface area contributed by atoms with Crippen molar-refractivity contribution in [2.75, 3.05) is 25.6 Å². The first-order valence-electron chi connectivity index (χ1n) is 10.2. The second kappa shape index (κ2) is 12.0. The lowest BCUT2D eigenvalue weighted by atomic mass is 9.83. The quantitative estimate of drug-likeness (QED) is 0.356. The Labute approximate surface area is 169 Å². The first-order valence-corrected chi connectivity index (χ1v) is 13.2. The number of carbonyl (C=O) groups is 1. The summed E-state index contributed by atoms with van der Waals surface area (Å²) in [5.41, 5.74) is 1.30. The number of Topliss-reactive ketones (excluding diaryl/α,β-unsaturated/α-hetero) is 1. The Bertz CT molecular complexity index is 537. The smallest absolute Gasteiger partial charge is 0.374 e. The molecule has 1 saturated carbocycles. The minimum Gasteiger partial charge on any atom is -0.374 e. The molecule has 27 heavy (non-hydrogen) atoms. The Morgan fingerprint density at radius 3 is 2.22 bits per heavy atom. The van der Waals surface area contributed by atoms with Gasteiger partial charge >= 0.3 is 8.80 Å². The molecule has 6 heteroatoms. The van der Waals surface area contributed by atoms with E-state index in [0.29, 0.717) is 49.6 Å². The zero-order valence-electron chi connectivity index (χ0n) is 16.9. The second-order valence-electron chi connectivity index (χ2n) is 6.87. The lowest BCUT2D eigenvalue weighted by Gasteiger charge is -2.30. The van der Waals surface area contributed by atoms with Crippen molar-refractivity contribution in [1.82, 2.24) is 0 Å². The number of hydrogen-bond acceptors (Lipinski definition) is 5. The first kappa shape index (κ1) is 22.6. The highest BCUT2D eigenvalue weighted by Crippen LogP contribution is 2.37. The predicted octanol–water partition coefficient (Wildman–Crippen LogP) is 5.06. The van der Waals surface area contributed by atoms with Crippen LogP contribution in [-0.2, 0) is 18.1 Å². The number of hydrogen-bond donors (Lipinski definition) is 0. The average Bonchev–Trinajstić information content (AvgIpc) is 2.66. The van der Waals surface area contributed by atoms with Gasteiger partial charge in [-0.05, 0) is 50.8 Å². The molecule has 0 aromatic heterocycles. The van der Waals surface area contributed by atoms with Gasteiger partial charge in [-0.15, -0.1) is 0 Å². The summed E-state index contributed by atoms with van der Waals surface area (Å²) in [6, 6.07) is 11.3. The molecule has 0 saturated heterocycles. The Kier molecular flexibility index (Phi) is 10.1. The SMILES string of the molecule is CCO[Si](CCCSC1CC(=O)CC(c2ccccc2)C1)(OCC)OCC. The van der Waals surface area contributed by atoms with E-state index < -0.39 is 8.80 Å². The van der Waals surface area contributed by atoms with Gasteiger partial charge in [-0.3, -0.25) is 4.79 Å². The highest BCUT2D eigenvalue weighted by molar-refractivity contribution is 7.99. The van der Waals surface area contributed by atoms with Crippen LogP contribution in [-0.4, -0.2) is 45.4 Å². The average molecular weight is 411 g/mol. The summed E-state index contributed by atoms with van der Waals surface area (Å²) >= 11 is 1.93. The maximum absolute atomic E-state index is 12.2. The molecule has 1 fully saturated rings. The molecule has 1 aliphatic carbocycles. The van der Waals surface area contributed by atoms with Crippen molar-refractivity contribution >= 4 is 26.3 Å². The number of rotatable bonds is 12. The van der Waals surface area contributed by atoms with E-state index >= 15 is 0 Å². The molecule has 1 aromatic rings. The van der Waals surface area contributed by atoms with Gasteiger partial charge in [-0.1, -0.05) is 30.3 Å². The van der Waals surface area contributed by atoms with Crippen molar-refractivity contribution in [2.24, 2.45) is 0 Å². The van der Waals surface area contributed by atoms with E-state index in [1.54, 1.807) is 0 Å². The van der Waals surface area contributed by atoms with Crippen LogP contribution in [0.1, 0.15) is 57.9 Å². The highest BCUT2D eigenvalue weighted by atomic mass is 32.2. The molecule has 1 aromatic carbocycles. The molecule has 0 amide bonds. The van der Waals surface area contributed by atoms with Crippen LogP contribution in [0.3, 0.4) is 0 Å². The van der Waals surface area contributed by atoms with Gasteiger partial charge in [0, 0.05) is 44.0 Å². The van der Waals surface area contributed by atoms with E-state index in [2.05, 4.69) is 24.3 Å². The molecule has 2 unspecified atom stereocenters. The summed E-state index contributed by atoms with van der Waals surface area (Å²) in [6.45, 7) is 7.84. The molecule has 2 atom stereocenters. The molecule has 0 N–H and O–H groups in total. The van der Waals surface area contributed by atoms with Crippen molar-refractivity contribution in [1.29, 1.82) is 0 Å². The third-order valence-electron chi connectivity index (χ3n) is 4.82. The normalized spacial score (nSPS) is 20.8. The highest BCUT2D eigenvalue weighted by Gasteiger charge is 2.39. The third-order valence-corrected chi connectivity index (χ3v) is 9.33. The molecule has 0 aliphatic heterocycles. The summed E-state index contributed by atoms with van der Waals surface area (Å²) in [7, 11) is -2.54. The summed E-state index contributed by atoms with van der Waals surface area (Å²) in [5.74, 6) is 1.78. The molecular weight excluding hydrogens is 376 g/mol. The van der Waals surface area contributed by atoms with E-state index in [4.69, 9.17) is 13.3 Å². The zero-order valence-corrected chi connectivity index (χ0v) is 18.8. The van der Waals surface area contributed by atoms with E-state index in [9.17, 15) is 4.79 Å². The van der Waals surface area contributed by atoms with Gasteiger partial charge < -0.3 is 13.3 Å². The van der Waals surface area contributed by atoms with E-state index in [-0.39, 0.29) is 0 Å². The van der Waals surface area contributed by atoms with Crippen molar-refractivity contribution < 1.29 is 18.1 Å². The fourth-order valence-electron chi connectivity index (χ4n) is 3.74. The van der Waals surface area contributed by atoms with Crippen LogP contribution in [0.5, 0.6) is 0 Å². The van der Waals surface area contributed by atoms with Crippen LogP contribution in [0, 0.1) is 0 Å². The van der Waals surface area contributed by atoms with Gasteiger partial charge in [-0.25, -0.2) is 0 Å². The largest absolute Gasteiger partial charge is 0.500 e. The summed E-state index contributed by atoms with van der Waals surface area (Å²) < 4.78 is 17.8. The number of benzene rings is 1.